The summed E-state index contributed by atoms with van der Waals surface area (Å²) in [6.45, 7) is 2.90. The van der Waals surface area contributed by atoms with E-state index in [4.69, 9.17) is 16.3 Å². The molecule has 1 aliphatic rings. The zero-order valence-electron chi connectivity index (χ0n) is 19.3. The Hall–Kier alpha value is -2.47. The Kier molecular flexibility index (Phi) is 10.5. The number of aromatic carboxylic acids is 1. The van der Waals surface area contributed by atoms with Gasteiger partial charge in [-0.05, 0) is 68.9 Å². The van der Waals surface area contributed by atoms with E-state index in [0.717, 1.165) is 37.1 Å². The first-order valence-electron chi connectivity index (χ1n) is 11.6. The number of urea groups is 1. The van der Waals surface area contributed by atoms with E-state index in [1.807, 2.05) is 0 Å². The van der Waals surface area contributed by atoms with Gasteiger partial charge in [-0.15, -0.1) is 0 Å². The van der Waals surface area contributed by atoms with Crippen LogP contribution in [0, 0.1) is 5.82 Å². The van der Waals surface area contributed by atoms with Gasteiger partial charge >= 0.3 is 12.0 Å². The fraction of sp³-hybridized carbons (Fsp3) is 0.522. The fourth-order valence-corrected chi connectivity index (χ4v) is 4.70. The third-order valence-electron chi connectivity index (χ3n) is 5.65. The number of hydrogen-bond donors (Lipinski definition) is 4. The molecule has 2 amide bonds. The summed E-state index contributed by atoms with van der Waals surface area (Å²) in [4.78, 5) is 26.2. The number of likely N-dealkylation sites (tertiary alicyclic amines) is 1. The molecule has 1 aromatic carbocycles. The highest BCUT2D eigenvalue weighted by atomic mass is 35.5. The number of halogens is 2. The third-order valence-corrected chi connectivity index (χ3v) is 6.63. The molecule has 1 aliphatic heterocycles. The van der Waals surface area contributed by atoms with Gasteiger partial charge in [0.1, 0.15) is 17.4 Å². The number of carbonyl (C=O) groups is 2. The Morgan fingerprint density at radius 1 is 1.26 bits per heavy atom. The number of benzene rings is 1. The summed E-state index contributed by atoms with van der Waals surface area (Å²) >= 11 is 6.49. The maximum atomic E-state index is 13.9. The predicted octanol–water partition coefficient (Wildman–Crippen LogP) is 4.35. The Bertz CT molecular complexity index is 1000. The van der Waals surface area contributed by atoms with Gasteiger partial charge in [0.05, 0.1) is 6.10 Å². The number of carboxylic acid groups (broad SMARTS) is 1. The number of rotatable bonds is 12. The number of hydrogen-bond acceptors (Lipinski definition) is 7. The molecule has 1 atom stereocenters. The van der Waals surface area contributed by atoms with E-state index in [1.165, 1.54) is 31.4 Å². The van der Waals surface area contributed by atoms with Gasteiger partial charge in [0, 0.05) is 23.7 Å². The minimum Gasteiger partial charge on any atom is -0.477 e. The number of β-amino-alcohol motifs (C(OH)–C–C–N with tert-alkyl or cyclic N) is 1. The quantitative estimate of drug-likeness (QED) is 0.302. The molecular weight excluding hydrogens is 499 g/mol. The van der Waals surface area contributed by atoms with Gasteiger partial charge in [-0.1, -0.05) is 24.1 Å². The normalized spacial score (nSPS) is 14.9. The molecule has 192 valence electrons. The SMILES string of the molecule is O=C(NCCCCC(O)CN1CCCCC1)Nc1snc(OCc2ccc(Cl)cc2F)c1C(=O)O. The highest BCUT2D eigenvalue weighted by Crippen LogP contribution is 2.31. The van der Waals surface area contributed by atoms with E-state index in [-0.39, 0.29) is 39.7 Å². The molecule has 3 rings (SSSR count). The summed E-state index contributed by atoms with van der Waals surface area (Å²) in [7, 11) is 0. The average Bonchev–Trinajstić information content (AvgIpc) is 3.21. The van der Waals surface area contributed by atoms with Crippen molar-refractivity contribution >= 4 is 40.1 Å². The lowest BCUT2D eigenvalue weighted by atomic mass is 10.1. The predicted molar refractivity (Wildman–Crippen MR) is 132 cm³/mol. The molecule has 35 heavy (non-hydrogen) atoms. The molecular formula is C23H30ClFN4O5S. The number of nitrogens with zero attached hydrogens (tertiary/aromatic N) is 2. The van der Waals surface area contributed by atoms with E-state index in [9.17, 15) is 24.2 Å². The van der Waals surface area contributed by atoms with Gasteiger partial charge in [0.15, 0.2) is 5.56 Å². The number of aliphatic hydroxyl groups is 1. The Labute approximate surface area is 212 Å². The molecule has 0 bridgehead atoms. The van der Waals surface area contributed by atoms with E-state index < -0.39 is 17.8 Å². The minimum absolute atomic E-state index is 0.0125. The molecule has 2 aromatic rings. The third kappa shape index (κ3) is 8.60. The Morgan fingerprint density at radius 2 is 2.03 bits per heavy atom. The van der Waals surface area contributed by atoms with Gasteiger partial charge in [0.2, 0.25) is 5.88 Å². The highest BCUT2D eigenvalue weighted by Gasteiger charge is 2.24. The molecule has 12 heteroatoms. The number of carbonyl (C=O) groups excluding carboxylic acids is 1. The van der Waals surface area contributed by atoms with Crippen molar-refractivity contribution in [1.82, 2.24) is 14.6 Å². The number of anilines is 1. The minimum atomic E-state index is -1.33. The van der Waals surface area contributed by atoms with Crippen molar-refractivity contribution in [2.24, 2.45) is 0 Å². The van der Waals surface area contributed by atoms with Crippen molar-refractivity contribution in [2.45, 2.75) is 51.2 Å². The lowest BCUT2D eigenvalue weighted by molar-refractivity contribution is 0.0693. The van der Waals surface area contributed by atoms with Gasteiger partial charge in [-0.2, -0.15) is 4.37 Å². The first-order chi connectivity index (χ1) is 16.8. The molecule has 9 nitrogen and oxygen atoms in total. The zero-order valence-corrected chi connectivity index (χ0v) is 20.8. The number of nitrogens with one attached hydrogen (secondary N) is 2. The summed E-state index contributed by atoms with van der Waals surface area (Å²) in [6, 6.07) is 3.49. The van der Waals surface area contributed by atoms with Crippen molar-refractivity contribution in [1.29, 1.82) is 0 Å². The average molecular weight is 529 g/mol. The second-order valence-corrected chi connectivity index (χ2v) is 9.62. The number of unbranched alkanes of at least 4 members (excludes halogenated alkanes) is 1. The summed E-state index contributed by atoms with van der Waals surface area (Å²) in [5.41, 5.74) is -0.118. The molecule has 1 unspecified atom stereocenters. The topological polar surface area (TPSA) is 124 Å². The van der Waals surface area contributed by atoms with Crippen LogP contribution in [0.4, 0.5) is 14.2 Å². The number of amides is 2. The van der Waals surface area contributed by atoms with Crippen LogP contribution in [0.2, 0.25) is 5.02 Å². The molecule has 0 aliphatic carbocycles. The largest absolute Gasteiger partial charge is 0.477 e. The van der Waals surface area contributed by atoms with Gasteiger partial charge in [0.25, 0.3) is 0 Å². The number of carboxylic acids is 1. The lowest BCUT2D eigenvalue weighted by Crippen LogP contribution is -2.36. The molecule has 4 N–H and O–H groups in total. The summed E-state index contributed by atoms with van der Waals surface area (Å²) in [6.07, 6.45) is 5.35. The maximum Gasteiger partial charge on any atom is 0.344 e. The lowest BCUT2D eigenvalue weighted by Gasteiger charge is -2.28. The molecule has 2 heterocycles. The van der Waals surface area contributed by atoms with Crippen LogP contribution in [0.1, 0.15) is 54.4 Å². The van der Waals surface area contributed by atoms with Crippen LogP contribution in [0.5, 0.6) is 5.88 Å². The van der Waals surface area contributed by atoms with E-state index in [0.29, 0.717) is 25.9 Å². The van der Waals surface area contributed by atoms with Crippen LogP contribution >= 0.6 is 23.1 Å². The van der Waals surface area contributed by atoms with Crippen molar-refractivity contribution in [3.63, 3.8) is 0 Å². The van der Waals surface area contributed by atoms with E-state index in [1.54, 1.807) is 0 Å². The van der Waals surface area contributed by atoms with Crippen LogP contribution in [0.15, 0.2) is 18.2 Å². The van der Waals surface area contributed by atoms with Gasteiger partial charge in [-0.3, -0.25) is 5.32 Å². The number of aliphatic hydroxyl groups excluding tert-OH is 1. The van der Waals surface area contributed by atoms with E-state index >= 15 is 0 Å². The van der Waals surface area contributed by atoms with Crippen molar-refractivity contribution in [2.75, 3.05) is 31.5 Å². The zero-order chi connectivity index (χ0) is 25.2. The number of ether oxygens (including phenoxy) is 1. The summed E-state index contributed by atoms with van der Waals surface area (Å²) in [5.74, 6) is -2.13. The monoisotopic (exact) mass is 528 g/mol. The maximum absolute atomic E-state index is 13.9. The fourth-order valence-electron chi connectivity index (χ4n) is 3.82. The number of aromatic nitrogens is 1. The standard InChI is InChI=1S/C23H30ClFN4O5S/c24-16-8-7-15(18(25)12-16)14-34-20-19(22(31)32)21(35-28-20)27-23(33)26-9-3-2-6-17(30)13-29-10-4-1-5-11-29/h7-8,12,17,30H,1-6,9-11,13-14H2,(H,31,32)(H2,26,27,33). The summed E-state index contributed by atoms with van der Waals surface area (Å²) < 4.78 is 23.3. The summed E-state index contributed by atoms with van der Waals surface area (Å²) in [5, 5.41) is 25.1. The Morgan fingerprint density at radius 3 is 2.74 bits per heavy atom. The highest BCUT2D eigenvalue weighted by molar-refractivity contribution is 7.11. The van der Waals surface area contributed by atoms with Crippen molar-refractivity contribution in [3.05, 3.63) is 40.2 Å². The molecule has 0 saturated carbocycles. The van der Waals surface area contributed by atoms with E-state index in [2.05, 4.69) is 19.9 Å². The molecule has 1 saturated heterocycles. The van der Waals surface area contributed by atoms with Gasteiger partial charge in [-0.25, -0.2) is 14.0 Å². The van der Waals surface area contributed by atoms with Crippen LogP contribution in [0.25, 0.3) is 0 Å². The van der Waals surface area contributed by atoms with Gasteiger partial charge < -0.3 is 25.2 Å². The first kappa shape index (κ1) is 27.1. The molecule has 1 fully saturated rings. The van der Waals surface area contributed by atoms with Crippen molar-refractivity contribution in [3.8, 4) is 5.88 Å². The molecule has 0 radical (unpaired) electrons. The van der Waals surface area contributed by atoms with Crippen molar-refractivity contribution < 1.29 is 28.9 Å². The smallest absolute Gasteiger partial charge is 0.344 e. The second-order valence-electron chi connectivity index (χ2n) is 8.41. The molecule has 1 aromatic heterocycles. The van der Waals surface area contributed by atoms with Crippen LogP contribution < -0.4 is 15.4 Å². The first-order valence-corrected chi connectivity index (χ1v) is 12.7. The molecule has 0 spiro atoms. The second kappa shape index (κ2) is 13.6. The van der Waals surface area contributed by atoms with Crippen LogP contribution in [-0.4, -0.2) is 63.8 Å². The Balaban J connectivity index is 1.41. The number of piperidine rings is 1. The van der Waals surface area contributed by atoms with Crippen LogP contribution in [-0.2, 0) is 6.61 Å². The van der Waals surface area contributed by atoms with Crippen LogP contribution in [0.3, 0.4) is 0 Å².